The van der Waals surface area contributed by atoms with Crippen LogP contribution in [0.15, 0.2) is 24.3 Å². The highest BCUT2D eigenvalue weighted by molar-refractivity contribution is 5.55. The minimum Gasteiger partial charge on any atom is -0.371 e. The Morgan fingerprint density at radius 1 is 1.15 bits per heavy atom. The van der Waals surface area contributed by atoms with Crippen LogP contribution in [0, 0.1) is 11.8 Å². The first-order chi connectivity index (χ1) is 9.79. The molecular formula is C18H28N2. The van der Waals surface area contributed by atoms with Crippen LogP contribution in [-0.4, -0.2) is 13.1 Å². The Labute approximate surface area is 123 Å². The largest absolute Gasteiger partial charge is 0.371 e. The molecule has 1 aromatic carbocycles. The molecule has 1 aliphatic carbocycles. The predicted molar refractivity (Wildman–Crippen MR) is 85.9 cm³/mol. The van der Waals surface area contributed by atoms with Gasteiger partial charge in [0.1, 0.15) is 0 Å². The van der Waals surface area contributed by atoms with Gasteiger partial charge in [-0.3, -0.25) is 0 Å². The van der Waals surface area contributed by atoms with E-state index in [0.29, 0.717) is 0 Å². The van der Waals surface area contributed by atoms with Crippen molar-refractivity contribution >= 4 is 5.69 Å². The molecular weight excluding hydrogens is 244 g/mol. The number of nitrogens with zero attached hydrogens (tertiary/aromatic N) is 1. The van der Waals surface area contributed by atoms with E-state index in [1.54, 1.807) is 0 Å². The maximum Gasteiger partial charge on any atom is 0.0414 e. The van der Waals surface area contributed by atoms with Gasteiger partial charge in [-0.2, -0.15) is 0 Å². The smallest absolute Gasteiger partial charge is 0.0414 e. The van der Waals surface area contributed by atoms with Crippen LogP contribution in [0.2, 0.25) is 0 Å². The normalized spacial score (nSPS) is 28.0. The predicted octanol–water partition coefficient (Wildman–Crippen LogP) is 4.11. The molecule has 0 amide bonds. The number of benzene rings is 1. The minimum absolute atomic E-state index is 0.176. The zero-order chi connectivity index (χ0) is 13.9. The number of piperidine rings is 1. The summed E-state index contributed by atoms with van der Waals surface area (Å²) >= 11 is 0. The van der Waals surface area contributed by atoms with Crippen LogP contribution in [0.1, 0.15) is 57.1 Å². The standard InChI is InChI=1S/C18H28N2/c1-2-17(19)16-9-5-6-10-18(16)20-12-11-14-7-3-4-8-15(14)13-20/h5-6,9-10,14-15,17H,2-4,7-8,11-13,19H2,1H3. The molecule has 20 heavy (non-hydrogen) atoms. The number of para-hydroxylation sites is 1. The lowest BCUT2D eigenvalue weighted by atomic mass is 9.75. The summed E-state index contributed by atoms with van der Waals surface area (Å²) < 4.78 is 0. The second-order valence-corrected chi connectivity index (χ2v) is 6.61. The van der Waals surface area contributed by atoms with Crippen molar-refractivity contribution in [1.29, 1.82) is 0 Å². The summed E-state index contributed by atoms with van der Waals surface area (Å²) in [5.41, 5.74) is 9.04. The molecule has 110 valence electrons. The average molecular weight is 272 g/mol. The van der Waals surface area contributed by atoms with E-state index in [-0.39, 0.29) is 6.04 Å². The van der Waals surface area contributed by atoms with Gasteiger partial charge in [-0.25, -0.2) is 0 Å². The minimum atomic E-state index is 0.176. The second-order valence-electron chi connectivity index (χ2n) is 6.61. The highest BCUT2D eigenvalue weighted by Crippen LogP contribution is 2.38. The zero-order valence-corrected chi connectivity index (χ0v) is 12.7. The van der Waals surface area contributed by atoms with E-state index >= 15 is 0 Å². The Hall–Kier alpha value is -1.02. The summed E-state index contributed by atoms with van der Waals surface area (Å²) in [6.07, 6.45) is 8.18. The van der Waals surface area contributed by atoms with Crippen molar-refractivity contribution in [2.75, 3.05) is 18.0 Å². The highest BCUT2D eigenvalue weighted by Gasteiger charge is 2.31. The van der Waals surface area contributed by atoms with Crippen molar-refractivity contribution in [1.82, 2.24) is 0 Å². The van der Waals surface area contributed by atoms with E-state index in [0.717, 1.165) is 18.3 Å². The summed E-state index contributed by atoms with van der Waals surface area (Å²) in [5.74, 6) is 1.91. The molecule has 0 bridgehead atoms. The van der Waals surface area contributed by atoms with E-state index in [1.165, 1.54) is 56.4 Å². The average Bonchev–Trinajstić information content (AvgIpc) is 2.53. The molecule has 0 aromatic heterocycles. The fourth-order valence-corrected chi connectivity index (χ4v) is 4.13. The molecule has 3 atom stereocenters. The topological polar surface area (TPSA) is 29.3 Å². The molecule has 1 saturated heterocycles. The molecule has 0 spiro atoms. The molecule has 1 aliphatic heterocycles. The van der Waals surface area contributed by atoms with Crippen LogP contribution in [0.4, 0.5) is 5.69 Å². The third-order valence-electron chi connectivity index (χ3n) is 5.41. The Morgan fingerprint density at radius 2 is 1.90 bits per heavy atom. The fraction of sp³-hybridized carbons (Fsp3) is 0.667. The van der Waals surface area contributed by atoms with E-state index < -0.39 is 0 Å². The van der Waals surface area contributed by atoms with Crippen molar-refractivity contribution in [3.63, 3.8) is 0 Å². The van der Waals surface area contributed by atoms with Crippen LogP contribution in [-0.2, 0) is 0 Å². The SMILES string of the molecule is CCC(N)c1ccccc1N1CCC2CCCCC2C1. The van der Waals surface area contributed by atoms with Crippen molar-refractivity contribution in [2.24, 2.45) is 17.6 Å². The molecule has 2 aliphatic rings. The van der Waals surface area contributed by atoms with Gasteiger partial charge in [-0.05, 0) is 42.7 Å². The number of hydrogen-bond donors (Lipinski definition) is 1. The molecule has 1 aromatic rings. The first-order valence-corrected chi connectivity index (χ1v) is 8.39. The van der Waals surface area contributed by atoms with Crippen LogP contribution >= 0.6 is 0 Å². The van der Waals surface area contributed by atoms with Crippen molar-refractivity contribution in [3.8, 4) is 0 Å². The molecule has 1 saturated carbocycles. The van der Waals surface area contributed by atoms with Gasteiger partial charge in [0.15, 0.2) is 0 Å². The highest BCUT2D eigenvalue weighted by atomic mass is 15.1. The lowest BCUT2D eigenvalue weighted by Gasteiger charge is -2.43. The molecule has 2 N–H and O–H groups in total. The molecule has 1 heterocycles. The summed E-state index contributed by atoms with van der Waals surface area (Å²) in [4.78, 5) is 2.61. The van der Waals surface area contributed by atoms with E-state index in [9.17, 15) is 0 Å². The summed E-state index contributed by atoms with van der Waals surface area (Å²) in [6.45, 7) is 4.64. The third kappa shape index (κ3) is 2.71. The Bertz CT molecular complexity index is 443. The van der Waals surface area contributed by atoms with Gasteiger partial charge >= 0.3 is 0 Å². The van der Waals surface area contributed by atoms with Crippen LogP contribution < -0.4 is 10.6 Å². The van der Waals surface area contributed by atoms with Crippen molar-refractivity contribution in [3.05, 3.63) is 29.8 Å². The van der Waals surface area contributed by atoms with Gasteiger partial charge in [0, 0.05) is 24.8 Å². The first kappa shape index (κ1) is 13.9. The van der Waals surface area contributed by atoms with E-state index in [1.807, 2.05) is 0 Å². The van der Waals surface area contributed by atoms with Crippen LogP contribution in [0.5, 0.6) is 0 Å². The zero-order valence-electron chi connectivity index (χ0n) is 12.7. The molecule has 3 unspecified atom stereocenters. The molecule has 0 radical (unpaired) electrons. The maximum absolute atomic E-state index is 6.31. The fourth-order valence-electron chi connectivity index (χ4n) is 4.13. The van der Waals surface area contributed by atoms with Gasteiger partial charge in [-0.1, -0.05) is 44.4 Å². The molecule has 2 fully saturated rings. The maximum atomic E-state index is 6.31. The van der Waals surface area contributed by atoms with Gasteiger partial charge in [-0.15, -0.1) is 0 Å². The molecule has 2 nitrogen and oxygen atoms in total. The van der Waals surface area contributed by atoms with Crippen LogP contribution in [0.3, 0.4) is 0 Å². The van der Waals surface area contributed by atoms with Crippen LogP contribution in [0.25, 0.3) is 0 Å². The Kier molecular flexibility index (Phi) is 4.30. The Morgan fingerprint density at radius 3 is 2.70 bits per heavy atom. The van der Waals surface area contributed by atoms with Gasteiger partial charge in [0.05, 0.1) is 0 Å². The van der Waals surface area contributed by atoms with Gasteiger partial charge in [0.2, 0.25) is 0 Å². The lowest BCUT2D eigenvalue weighted by Crippen LogP contribution is -2.42. The first-order valence-electron chi connectivity index (χ1n) is 8.39. The summed E-state index contributed by atoms with van der Waals surface area (Å²) in [5, 5.41) is 0. The number of rotatable bonds is 3. The quantitative estimate of drug-likeness (QED) is 0.897. The van der Waals surface area contributed by atoms with E-state index in [2.05, 4.69) is 36.1 Å². The van der Waals surface area contributed by atoms with E-state index in [4.69, 9.17) is 5.73 Å². The van der Waals surface area contributed by atoms with Gasteiger partial charge < -0.3 is 10.6 Å². The number of fused-ring (bicyclic) bond motifs is 1. The van der Waals surface area contributed by atoms with Gasteiger partial charge in [0.25, 0.3) is 0 Å². The number of nitrogens with two attached hydrogens (primary N) is 1. The summed E-state index contributed by atoms with van der Waals surface area (Å²) in [7, 11) is 0. The Balaban J connectivity index is 1.79. The molecule has 2 heteroatoms. The second kappa shape index (κ2) is 6.17. The van der Waals surface area contributed by atoms with Crippen molar-refractivity contribution in [2.45, 2.75) is 51.5 Å². The number of anilines is 1. The lowest BCUT2D eigenvalue weighted by molar-refractivity contribution is 0.202. The number of hydrogen-bond acceptors (Lipinski definition) is 2. The van der Waals surface area contributed by atoms with Crippen molar-refractivity contribution < 1.29 is 0 Å². The summed E-state index contributed by atoms with van der Waals surface area (Å²) in [6, 6.07) is 8.95. The molecule has 3 rings (SSSR count). The monoisotopic (exact) mass is 272 g/mol. The third-order valence-corrected chi connectivity index (χ3v) is 5.41.